The second-order valence-corrected chi connectivity index (χ2v) is 7.38. The van der Waals surface area contributed by atoms with E-state index in [2.05, 4.69) is 10.0 Å². The number of aryl methyl sites for hydroxylation is 1. The van der Waals surface area contributed by atoms with Crippen LogP contribution in [0.15, 0.2) is 23.1 Å². The zero-order valence-corrected chi connectivity index (χ0v) is 13.1. The number of carboxylic acid groups (broad SMARTS) is 1. The van der Waals surface area contributed by atoms with E-state index < -0.39 is 21.6 Å². The van der Waals surface area contributed by atoms with Crippen molar-refractivity contribution in [1.29, 1.82) is 0 Å². The molecule has 8 heteroatoms. The Labute approximate surface area is 129 Å². The molecule has 1 fully saturated rings. The van der Waals surface area contributed by atoms with Gasteiger partial charge in [0.15, 0.2) is 0 Å². The highest BCUT2D eigenvalue weighted by atomic mass is 32.2. The van der Waals surface area contributed by atoms with Crippen molar-refractivity contribution in [2.45, 2.75) is 30.3 Å². The average Bonchev–Trinajstić information content (AvgIpc) is 2.46. The number of nitrogens with one attached hydrogen (secondary N) is 2. The molecule has 0 aliphatic carbocycles. The van der Waals surface area contributed by atoms with Crippen LogP contribution in [0.3, 0.4) is 0 Å². The summed E-state index contributed by atoms with van der Waals surface area (Å²) in [6.07, 6.45) is 1.28. The number of hydrogen-bond donors (Lipinski definition) is 4. The molecule has 7 nitrogen and oxygen atoms in total. The van der Waals surface area contributed by atoms with Crippen LogP contribution in [0, 0.1) is 6.92 Å². The Kier molecular flexibility index (Phi) is 4.86. The highest BCUT2D eigenvalue weighted by Gasteiger charge is 2.31. The third-order valence-corrected chi connectivity index (χ3v) is 5.19. The van der Waals surface area contributed by atoms with Crippen LogP contribution in [0.5, 0.6) is 0 Å². The molecule has 0 saturated carbocycles. The minimum absolute atomic E-state index is 0.0547. The largest absolute Gasteiger partial charge is 0.478 e. The Morgan fingerprint density at radius 3 is 2.77 bits per heavy atom. The summed E-state index contributed by atoms with van der Waals surface area (Å²) in [6, 6.07) is 3.94. The first kappa shape index (κ1) is 16.9. The molecular formula is C14H20N2O5S. The molecule has 0 bridgehead atoms. The number of carboxylic acids is 1. The van der Waals surface area contributed by atoms with E-state index in [1.165, 1.54) is 12.1 Å². The lowest BCUT2D eigenvalue weighted by atomic mass is 9.95. The Morgan fingerprint density at radius 2 is 2.18 bits per heavy atom. The third-order valence-electron chi connectivity index (χ3n) is 3.79. The first-order valence-electron chi connectivity index (χ1n) is 7.00. The molecule has 1 saturated heterocycles. The summed E-state index contributed by atoms with van der Waals surface area (Å²) in [6.45, 7) is 2.61. The lowest BCUT2D eigenvalue weighted by Crippen LogP contribution is -2.52. The van der Waals surface area contributed by atoms with Crippen LogP contribution < -0.4 is 10.0 Å². The maximum Gasteiger partial charge on any atom is 0.335 e. The van der Waals surface area contributed by atoms with E-state index in [4.69, 9.17) is 5.11 Å². The fourth-order valence-corrected chi connectivity index (χ4v) is 3.56. The van der Waals surface area contributed by atoms with Crippen LogP contribution in [-0.2, 0) is 10.0 Å². The molecule has 122 valence electrons. The van der Waals surface area contributed by atoms with Gasteiger partial charge in [0.05, 0.1) is 16.1 Å². The lowest BCUT2D eigenvalue weighted by Gasteiger charge is -2.32. The fourth-order valence-electron chi connectivity index (χ4n) is 2.41. The second-order valence-electron chi connectivity index (χ2n) is 5.61. The van der Waals surface area contributed by atoms with Gasteiger partial charge in [0.1, 0.15) is 0 Å². The van der Waals surface area contributed by atoms with Crippen molar-refractivity contribution >= 4 is 16.0 Å². The quantitative estimate of drug-likeness (QED) is 0.609. The number of piperidine rings is 1. The predicted octanol–water partition coefficient (Wildman–Crippen LogP) is 0.0860. The van der Waals surface area contributed by atoms with Gasteiger partial charge in [-0.15, -0.1) is 0 Å². The molecule has 0 unspecified atom stereocenters. The van der Waals surface area contributed by atoms with E-state index in [0.29, 0.717) is 18.5 Å². The van der Waals surface area contributed by atoms with Crippen molar-refractivity contribution in [3.63, 3.8) is 0 Å². The first-order valence-corrected chi connectivity index (χ1v) is 8.49. The molecule has 0 amide bonds. The normalized spacial score (nSPS) is 22.5. The van der Waals surface area contributed by atoms with Crippen LogP contribution in [0.2, 0.25) is 0 Å². The van der Waals surface area contributed by atoms with E-state index in [9.17, 15) is 18.3 Å². The Balaban J connectivity index is 2.16. The number of aliphatic hydroxyl groups is 1. The molecule has 1 aliphatic heterocycles. The Morgan fingerprint density at radius 1 is 1.45 bits per heavy atom. The Bertz CT molecular complexity index is 666. The van der Waals surface area contributed by atoms with Crippen molar-refractivity contribution in [2.75, 3.05) is 19.6 Å². The smallest absolute Gasteiger partial charge is 0.335 e. The molecule has 1 aliphatic rings. The van der Waals surface area contributed by atoms with Crippen LogP contribution >= 0.6 is 0 Å². The molecule has 2 rings (SSSR count). The van der Waals surface area contributed by atoms with Crippen LogP contribution in [0.1, 0.15) is 28.8 Å². The van der Waals surface area contributed by atoms with Gasteiger partial charge in [-0.1, -0.05) is 6.07 Å². The number of carbonyl (C=O) groups is 1. The maximum atomic E-state index is 12.3. The van der Waals surface area contributed by atoms with E-state index >= 15 is 0 Å². The van der Waals surface area contributed by atoms with Gasteiger partial charge in [-0.25, -0.2) is 17.9 Å². The summed E-state index contributed by atoms with van der Waals surface area (Å²) in [7, 11) is -3.87. The van der Waals surface area contributed by atoms with Gasteiger partial charge in [-0.05, 0) is 44.0 Å². The number of sulfonamides is 1. The van der Waals surface area contributed by atoms with Crippen molar-refractivity contribution in [3.05, 3.63) is 29.3 Å². The van der Waals surface area contributed by atoms with Gasteiger partial charge in [0, 0.05) is 13.1 Å². The molecule has 1 heterocycles. The predicted molar refractivity (Wildman–Crippen MR) is 80.4 cm³/mol. The second kappa shape index (κ2) is 6.33. The van der Waals surface area contributed by atoms with E-state index in [1.807, 2.05) is 0 Å². The van der Waals surface area contributed by atoms with E-state index in [0.717, 1.165) is 19.0 Å². The van der Waals surface area contributed by atoms with Gasteiger partial charge in [-0.2, -0.15) is 0 Å². The molecule has 0 aromatic heterocycles. The SMILES string of the molecule is Cc1ccc(S(=O)(=O)NC[C@@]2(O)CCCNC2)cc1C(=O)O. The highest BCUT2D eigenvalue weighted by Crippen LogP contribution is 2.18. The van der Waals surface area contributed by atoms with E-state index in [1.54, 1.807) is 6.92 Å². The number of benzene rings is 1. The van der Waals surface area contributed by atoms with Gasteiger partial charge < -0.3 is 15.5 Å². The third kappa shape index (κ3) is 3.83. The van der Waals surface area contributed by atoms with Crippen molar-refractivity contribution in [3.8, 4) is 0 Å². The molecule has 22 heavy (non-hydrogen) atoms. The van der Waals surface area contributed by atoms with Crippen LogP contribution in [-0.4, -0.2) is 49.8 Å². The monoisotopic (exact) mass is 328 g/mol. The molecule has 0 radical (unpaired) electrons. The topological polar surface area (TPSA) is 116 Å². The number of β-amino-alcohol motifs (C(OH)–C–C–N with tert-alkyl or cyclic N) is 1. The summed E-state index contributed by atoms with van der Waals surface area (Å²) in [4.78, 5) is 11.0. The minimum atomic E-state index is -3.87. The number of rotatable bonds is 5. The number of hydrogen-bond acceptors (Lipinski definition) is 5. The molecule has 4 N–H and O–H groups in total. The van der Waals surface area contributed by atoms with Crippen molar-refractivity contribution in [2.24, 2.45) is 0 Å². The Hall–Kier alpha value is -1.48. The van der Waals surface area contributed by atoms with Crippen molar-refractivity contribution in [1.82, 2.24) is 10.0 Å². The van der Waals surface area contributed by atoms with Crippen molar-refractivity contribution < 1.29 is 23.4 Å². The summed E-state index contributed by atoms with van der Waals surface area (Å²) >= 11 is 0. The lowest BCUT2D eigenvalue weighted by molar-refractivity contribution is 0.0218. The minimum Gasteiger partial charge on any atom is -0.478 e. The summed E-state index contributed by atoms with van der Waals surface area (Å²) in [5.74, 6) is -1.18. The molecule has 1 aromatic carbocycles. The summed E-state index contributed by atoms with van der Waals surface area (Å²) < 4.78 is 26.9. The molecular weight excluding hydrogens is 308 g/mol. The van der Waals surface area contributed by atoms with Gasteiger partial charge in [0.25, 0.3) is 0 Å². The maximum absolute atomic E-state index is 12.3. The summed E-state index contributed by atoms with van der Waals surface area (Å²) in [5.41, 5.74) is -0.687. The van der Waals surface area contributed by atoms with Crippen LogP contribution in [0.25, 0.3) is 0 Å². The zero-order valence-electron chi connectivity index (χ0n) is 12.3. The standard InChI is InChI=1S/C14H20N2O5S/c1-10-3-4-11(7-12(10)13(17)18)22(20,21)16-9-14(19)5-2-6-15-8-14/h3-4,7,15-16,19H,2,5-6,8-9H2,1H3,(H,17,18)/t14-/m1/s1. The average molecular weight is 328 g/mol. The molecule has 1 aromatic rings. The zero-order chi connectivity index (χ0) is 16.4. The fraction of sp³-hybridized carbons (Fsp3) is 0.500. The first-order chi connectivity index (χ1) is 10.2. The number of aromatic carboxylic acids is 1. The van der Waals surface area contributed by atoms with Gasteiger partial charge >= 0.3 is 5.97 Å². The molecule has 1 atom stereocenters. The van der Waals surface area contributed by atoms with Gasteiger partial charge in [-0.3, -0.25) is 0 Å². The summed E-state index contributed by atoms with van der Waals surface area (Å²) in [5, 5.41) is 22.4. The van der Waals surface area contributed by atoms with Crippen LogP contribution in [0.4, 0.5) is 0 Å². The van der Waals surface area contributed by atoms with Gasteiger partial charge in [0.2, 0.25) is 10.0 Å². The van der Waals surface area contributed by atoms with E-state index in [-0.39, 0.29) is 17.0 Å². The molecule has 0 spiro atoms. The highest BCUT2D eigenvalue weighted by molar-refractivity contribution is 7.89.